The summed E-state index contributed by atoms with van der Waals surface area (Å²) in [6.07, 6.45) is 7.30. The molecular weight excluding hydrogens is 333 g/mol. The average Bonchev–Trinajstić information content (AvgIpc) is 2.56. The molecule has 0 aliphatic heterocycles. The molecule has 0 atom stereocenters. The van der Waals surface area contributed by atoms with E-state index in [0.29, 0.717) is 17.1 Å². The molecule has 0 heterocycles. The molecule has 2 aromatic rings. The van der Waals surface area contributed by atoms with Crippen LogP contribution in [0.25, 0.3) is 0 Å². The number of terminal acetylenes is 1. The van der Waals surface area contributed by atoms with E-state index in [0.717, 1.165) is 10.5 Å². The van der Waals surface area contributed by atoms with Crippen molar-refractivity contribution < 1.29 is 9.18 Å². The Kier molecular flexibility index (Phi) is 6.09. The molecule has 0 saturated carbocycles. The highest BCUT2D eigenvalue weighted by Crippen LogP contribution is 2.24. The van der Waals surface area contributed by atoms with Crippen LogP contribution >= 0.6 is 23.4 Å². The van der Waals surface area contributed by atoms with Crippen molar-refractivity contribution in [1.82, 2.24) is 4.90 Å². The number of nitrogens with zero attached hydrogens (tertiary/aromatic N) is 1. The maximum absolute atomic E-state index is 13.0. The lowest BCUT2D eigenvalue weighted by Gasteiger charge is -2.21. The van der Waals surface area contributed by atoms with E-state index in [9.17, 15) is 9.18 Å². The van der Waals surface area contributed by atoms with Crippen molar-refractivity contribution in [2.24, 2.45) is 0 Å². The fraction of sp³-hybridized carbons (Fsp3) is 0.167. The van der Waals surface area contributed by atoms with E-state index in [-0.39, 0.29) is 18.3 Å². The molecule has 0 aliphatic rings. The number of hydrogen-bond donors (Lipinski definition) is 0. The zero-order valence-corrected chi connectivity index (χ0v) is 14.1. The lowest BCUT2D eigenvalue weighted by Crippen LogP contribution is -2.31. The molecule has 118 valence electrons. The topological polar surface area (TPSA) is 20.3 Å². The molecule has 23 heavy (non-hydrogen) atoms. The van der Waals surface area contributed by atoms with E-state index in [2.05, 4.69) is 5.92 Å². The van der Waals surface area contributed by atoms with Gasteiger partial charge in [0.2, 0.25) is 0 Å². The van der Waals surface area contributed by atoms with Crippen molar-refractivity contribution in [1.29, 1.82) is 0 Å². The summed E-state index contributed by atoms with van der Waals surface area (Å²) in [4.78, 5) is 15.2. The van der Waals surface area contributed by atoms with Crippen LogP contribution in [-0.2, 0) is 6.54 Å². The minimum absolute atomic E-state index is 0.149. The third-order valence-electron chi connectivity index (χ3n) is 3.26. The van der Waals surface area contributed by atoms with Gasteiger partial charge in [0.15, 0.2) is 0 Å². The van der Waals surface area contributed by atoms with Gasteiger partial charge in [-0.3, -0.25) is 4.79 Å². The van der Waals surface area contributed by atoms with Crippen LogP contribution in [0.1, 0.15) is 15.9 Å². The Morgan fingerprint density at radius 3 is 2.61 bits per heavy atom. The van der Waals surface area contributed by atoms with Crippen LogP contribution in [0.15, 0.2) is 47.4 Å². The molecule has 2 rings (SSSR count). The Balaban J connectivity index is 2.28. The Bertz CT molecular complexity index is 740. The number of carbonyl (C=O) groups is 1. The van der Waals surface area contributed by atoms with Gasteiger partial charge in [-0.05, 0) is 42.2 Å². The van der Waals surface area contributed by atoms with E-state index in [1.807, 2.05) is 12.3 Å². The Morgan fingerprint density at radius 2 is 2.00 bits per heavy atom. The van der Waals surface area contributed by atoms with Crippen molar-refractivity contribution >= 4 is 29.3 Å². The summed E-state index contributed by atoms with van der Waals surface area (Å²) in [7, 11) is 0. The summed E-state index contributed by atoms with van der Waals surface area (Å²) in [6, 6.07) is 11.3. The smallest absolute Gasteiger partial charge is 0.256 e. The van der Waals surface area contributed by atoms with E-state index in [1.54, 1.807) is 24.3 Å². The van der Waals surface area contributed by atoms with Crippen LogP contribution in [0, 0.1) is 18.2 Å². The van der Waals surface area contributed by atoms with Gasteiger partial charge in [-0.2, -0.15) is 0 Å². The fourth-order valence-electron chi connectivity index (χ4n) is 2.09. The molecule has 2 nitrogen and oxygen atoms in total. The second-order valence-corrected chi connectivity index (χ2v) is 6.12. The number of carbonyl (C=O) groups excluding carboxylic acids is 1. The van der Waals surface area contributed by atoms with Gasteiger partial charge in [0.25, 0.3) is 5.91 Å². The number of benzene rings is 2. The first-order valence-corrected chi connectivity index (χ1v) is 8.46. The van der Waals surface area contributed by atoms with Crippen molar-refractivity contribution in [2.75, 3.05) is 12.8 Å². The van der Waals surface area contributed by atoms with Crippen molar-refractivity contribution in [3.05, 3.63) is 64.4 Å². The molecule has 0 aliphatic carbocycles. The maximum atomic E-state index is 13.0. The summed E-state index contributed by atoms with van der Waals surface area (Å²) in [5.41, 5.74) is 1.21. The zero-order valence-electron chi connectivity index (χ0n) is 12.6. The van der Waals surface area contributed by atoms with Gasteiger partial charge in [0.1, 0.15) is 5.82 Å². The van der Waals surface area contributed by atoms with Crippen molar-refractivity contribution in [3.63, 3.8) is 0 Å². The Labute approximate surface area is 144 Å². The average molecular weight is 348 g/mol. The quantitative estimate of drug-likeness (QED) is 0.587. The summed E-state index contributed by atoms with van der Waals surface area (Å²) >= 11 is 7.69. The molecule has 0 spiro atoms. The number of amides is 1. The first kappa shape index (κ1) is 17.4. The molecular formula is C18H15ClFNOS. The van der Waals surface area contributed by atoms with Gasteiger partial charge in [-0.15, -0.1) is 18.2 Å². The van der Waals surface area contributed by atoms with Gasteiger partial charge in [-0.1, -0.05) is 29.7 Å². The third kappa shape index (κ3) is 4.51. The van der Waals surface area contributed by atoms with Gasteiger partial charge < -0.3 is 4.90 Å². The normalized spacial score (nSPS) is 10.2. The van der Waals surface area contributed by atoms with E-state index in [1.165, 1.54) is 28.8 Å². The predicted octanol–water partition coefficient (Wildman–Crippen LogP) is 4.48. The second-order valence-electron chi connectivity index (χ2n) is 4.84. The molecule has 0 N–H and O–H groups in total. The Hall–Kier alpha value is -1.96. The van der Waals surface area contributed by atoms with Gasteiger partial charge in [-0.25, -0.2) is 4.39 Å². The molecule has 5 heteroatoms. The highest BCUT2D eigenvalue weighted by molar-refractivity contribution is 7.98. The molecule has 0 saturated heterocycles. The summed E-state index contributed by atoms with van der Waals surface area (Å²) < 4.78 is 13.0. The lowest BCUT2D eigenvalue weighted by atomic mass is 10.1. The number of rotatable bonds is 5. The molecule has 0 bridgehead atoms. The molecule has 2 aromatic carbocycles. The minimum Gasteiger partial charge on any atom is -0.323 e. The van der Waals surface area contributed by atoms with Gasteiger partial charge in [0.05, 0.1) is 17.1 Å². The third-order valence-corrected chi connectivity index (χ3v) is 4.31. The second kappa shape index (κ2) is 8.05. The summed E-state index contributed by atoms with van der Waals surface area (Å²) in [6.45, 7) is 0.444. The predicted molar refractivity (Wildman–Crippen MR) is 93.2 cm³/mol. The van der Waals surface area contributed by atoms with Crippen LogP contribution in [0.5, 0.6) is 0 Å². The van der Waals surface area contributed by atoms with Gasteiger partial charge in [0, 0.05) is 11.4 Å². The first-order chi connectivity index (χ1) is 11.0. The molecule has 0 unspecified atom stereocenters. The first-order valence-electron chi connectivity index (χ1n) is 6.86. The maximum Gasteiger partial charge on any atom is 0.256 e. The van der Waals surface area contributed by atoms with E-state index in [4.69, 9.17) is 18.0 Å². The highest BCUT2D eigenvalue weighted by atomic mass is 35.5. The standard InChI is InChI=1S/C18H15ClFNOS/c1-3-10-21(12-13-4-6-14(20)7-5-13)18(22)16-11-15(23-2)8-9-17(16)19/h1,4-9,11H,10,12H2,2H3. The fourth-order valence-corrected chi connectivity index (χ4v) is 2.72. The van der Waals surface area contributed by atoms with Gasteiger partial charge >= 0.3 is 0 Å². The van der Waals surface area contributed by atoms with Crippen molar-refractivity contribution in [3.8, 4) is 12.3 Å². The summed E-state index contributed by atoms with van der Waals surface area (Å²) in [5.74, 6) is 1.92. The molecule has 0 radical (unpaired) electrons. The minimum atomic E-state index is -0.320. The SMILES string of the molecule is C#CCN(Cc1ccc(F)cc1)C(=O)c1cc(SC)ccc1Cl. The molecule has 0 fully saturated rings. The largest absolute Gasteiger partial charge is 0.323 e. The zero-order chi connectivity index (χ0) is 16.8. The van der Waals surface area contributed by atoms with Crippen LogP contribution < -0.4 is 0 Å². The number of hydrogen-bond acceptors (Lipinski definition) is 2. The number of halogens is 2. The number of thioether (sulfide) groups is 1. The monoisotopic (exact) mass is 347 g/mol. The molecule has 1 amide bonds. The highest BCUT2D eigenvalue weighted by Gasteiger charge is 2.18. The van der Waals surface area contributed by atoms with E-state index < -0.39 is 0 Å². The van der Waals surface area contributed by atoms with Crippen LogP contribution in [0.2, 0.25) is 5.02 Å². The Morgan fingerprint density at radius 1 is 1.30 bits per heavy atom. The lowest BCUT2D eigenvalue weighted by molar-refractivity contribution is 0.0765. The summed E-state index contributed by atoms with van der Waals surface area (Å²) in [5, 5.41) is 0.383. The van der Waals surface area contributed by atoms with Crippen LogP contribution in [0.4, 0.5) is 4.39 Å². The molecule has 0 aromatic heterocycles. The van der Waals surface area contributed by atoms with E-state index >= 15 is 0 Å². The van der Waals surface area contributed by atoms with Crippen LogP contribution in [-0.4, -0.2) is 23.6 Å². The van der Waals surface area contributed by atoms with Crippen molar-refractivity contribution in [2.45, 2.75) is 11.4 Å². The van der Waals surface area contributed by atoms with Crippen LogP contribution in [0.3, 0.4) is 0 Å².